The van der Waals surface area contributed by atoms with Crippen LogP contribution >= 0.6 is 0 Å². The minimum Gasteiger partial charge on any atom is -0.363 e. The van der Waals surface area contributed by atoms with Crippen molar-refractivity contribution in [3.05, 3.63) is 66.0 Å². The third kappa shape index (κ3) is 3.05. The zero-order valence-corrected chi connectivity index (χ0v) is 11.5. The maximum atomic E-state index is 4.61. The zero-order chi connectivity index (χ0) is 13.6. The Labute approximate surface area is 119 Å². The van der Waals surface area contributed by atoms with Crippen LogP contribution < -0.4 is 5.32 Å². The Morgan fingerprint density at radius 3 is 2.35 bits per heavy atom. The highest BCUT2D eigenvalue weighted by molar-refractivity contribution is 5.83. The molecule has 1 aromatic carbocycles. The van der Waals surface area contributed by atoms with Crippen LogP contribution in [-0.2, 0) is 0 Å². The Hall–Kier alpha value is -2.16. The Morgan fingerprint density at radius 1 is 0.900 bits per heavy atom. The summed E-state index contributed by atoms with van der Waals surface area (Å²) in [4.78, 5) is 8.72. The van der Waals surface area contributed by atoms with E-state index in [1.807, 2.05) is 18.5 Å². The van der Waals surface area contributed by atoms with Crippen LogP contribution in [0.3, 0.4) is 0 Å². The van der Waals surface area contributed by atoms with E-state index in [1.54, 1.807) is 0 Å². The normalized spacial score (nSPS) is 16.3. The Balaban J connectivity index is 1.89. The van der Waals surface area contributed by atoms with Crippen LogP contribution in [0.15, 0.2) is 59.9 Å². The van der Waals surface area contributed by atoms with Crippen LogP contribution in [0.2, 0.25) is 0 Å². The van der Waals surface area contributed by atoms with Crippen molar-refractivity contribution in [1.82, 2.24) is 10.3 Å². The van der Waals surface area contributed by atoms with Crippen molar-refractivity contribution in [1.29, 1.82) is 0 Å². The number of aliphatic imine (C=N–C) groups is 1. The highest BCUT2D eigenvalue weighted by Gasteiger charge is 2.16. The molecule has 1 aliphatic rings. The summed E-state index contributed by atoms with van der Waals surface area (Å²) in [5.41, 5.74) is 2.48. The Kier molecular flexibility index (Phi) is 4.07. The number of aromatic nitrogens is 1. The number of nitrogens with one attached hydrogen (secondary N) is 1. The first-order chi connectivity index (χ1) is 9.93. The molecule has 1 aromatic heterocycles. The third-order valence-electron chi connectivity index (χ3n) is 3.61. The second-order valence-corrected chi connectivity index (χ2v) is 5.05. The molecule has 0 saturated carbocycles. The molecule has 0 saturated heterocycles. The van der Waals surface area contributed by atoms with Crippen LogP contribution in [-0.4, -0.2) is 17.4 Å². The lowest BCUT2D eigenvalue weighted by atomic mass is 9.99. The van der Waals surface area contributed by atoms with Gasteiger partial charge in [0.25, 0.3) is 0 Å². The van der Waals surface area contributed by atoms with Gasteiger partial charge in [-0.2, -0.15) is 0 Å². The van der Waals surface area contributed by atoms with E-state index in [1.165, 1.54) is 24.0 Å². The molecule has 1 N–H and O–H groups in total. The van der Waals surface area contributed by atoms with Crippen molar-refractivity contribution < 1.29 is 0 Å². The molecule has 0 bridgehead atoms. The number of benzene rings is 1. The van der Waals surface area contributed by atoms with E-state index in [0.29, 0.717) is 0 Å². The lowest BCUT2D eigenvalue weighted by Gasteiger charge is -2.23. The maximum absolute atomic E-state index is 4.61. The van der Waals surface area contributed by atoms with E-state index < -0.39 is 0 Å². The molecule has 2 aromatic rings. The van der Waals surface area contributed by atoms with Crippen molar-refractivity contribution in [2.24, 2.45) is 4.99 Å². The molecule has 0 amide bonds. The molecule has 3 nitrogen and oxygen atoms in total. The van der Waals surface area contributed by atoms with Gasteiger partial charge in [0.2, 0.25) is 0 Å². The van der Waals surface area contributed by atoms with Gasteiger partial charge in [0, 0.05) is 25.4 Å². The van der Waals surface area contributed by atoms with Gasteiger partial charge in [0.05, 0.1) is 11.9 Å². The summed E-state index contributed by atoms with van der Waals surface area (Å²) in [5.74, 6) is 1.13. The third-order valence-corrected chi connectivity index (χ3v) is 3.61. The maximum Gasteiger partial charge on any atom is 0.0970 e. The van der Waals surface area contributed by atoms with Gasteiger partial charge < -0.3 is 5.32 Å². The fraction of sp³-hybridized carbons (Fsp3) is 0.294. The summed E-state index contributed by atoms with van der Waals surface area (Å²) in [6.07, 6.45) is 7.17. The Bertz CT molecular complexity index is 524. The summed E-state index contributed by atoms with van der Waals surface area (Å²) in [5, 5.41) is 3.61. The van der Waals surface area contributed by atoms with Gasteiger partial charge in [-0.15, -0.1) is 0 Å². The summed E-state index contributed by atoms with van der Waals surface area (Å²) in [7, 11) is 0. The van der Waals surface area contributed by atoms with Crippen molar-refractivity contribution in [2.45, 2.75) is 25.3 Å². The van der Waals surface area contributed by atoms with Crippen molar-refractivity contribution in [3.63, 3.8) is 0 Å². The van der Waals surface area contributed by atoms with Crippen molar-refractivity contribution >= 4 is 5.84 Å². The largest absolute Gasteiger partial charge is 0.363 e. The van der Waals surface area contributed by atoms with E-state index in [2.05, 4.69) is 51.7 Å². The van der Waals surface area contributed by atoms with Crippen LogP contribution in [0.25, 0.3) is 0 Å². The first-order valence-corrected chi connectivity index (χ1v) is 7.18. The molecule has 3 rings (SSSR count). The number of hydrogen-bond donors (Lipinski definition) is 1. The van der Waals surface area contributed by atoms with E-state index in [0.717, 1.165) is 18.8 Å². The second kappa shape index (κ2) is 6.33. The number of pyridine rings is 1. The average molecular weight is 265 g/mol. The summed E-state index contributed by atoms with van der Waals surface area (Å²) in [6, 6.07) is 14.8. The van der Waals surface area contributed by atoms with Crippen LogP contribution in [0.5, 0.6) is 0 Å². The van der Waals surface area contributed by atoms with Crippen LogP contribution in [0.1, 0.15) is 36.4 Å². The monoisotopic (exact) mass is 265 g/mol. The highest BCUT2D eigenvalue weighted by atomic mass is 15.0. The van der Waals surface area contributed by atoms with Gasteiger partial charge in [0.1, 0.15) is 0 Å². The first kappa shape index (κ1) is 12.9. The molecular formula is C17H19N3. The Morgan fingerprint density at radius 2 is 1.65 bits per heavy atom. The fourth-order valence-corrected chi connectivity index (χ4v) is 2.54. The molecule has 0 fully saturated rings. The molecule has 102 valence electrons. The van der Waals surface area contributed by atoms with Gasteiger partial charge in [-0.25, -0.2) is 0 Å². The predicted octanol–water partition coefficient (Wildman–Crippen LogP) is 3.34. The standard InChI is InChI=1S/C17H19N3/c1-2-6-14(7-3-1)17(15-9-12-18-13-10-15)20-16-8-4-5-11-19-16/h1-3,6-7,9-10,12-13,17H,4-5,8,11H2,(H,19,20). The first-order valence-electron chi connectivity index (χ1n) is 7.18. The van der Waals surface area contributed by atoms with E-state index >= 15 is 0 Å². The van der Waals surface area contributed by atoms with Crippen LogP contribution in [0, 0.1) is 0 Å². The number of amidine groups is 1. The molecule has 0 radical (unpaired) electrons. The average Bonchev–Trinajstić information content (AvgIpc) is 2.55. The summed E-state index contributed by atoms with van der Waals surface area (Å²) < 4.78 is 0. The molecule has 0 aliphatic carbocycles. The molecule has 2 heterocycles. The molecule has 1 aliphatic heterocycles. The van der Waals surface area contributed by atoms with Crippen molar-refractivity contribution in [2.75, 3.05) is 6.54 Å². The predicted molar refractivity (Wildman–Crippen MR) is 81.8 cm³/mol. The molecule has 3 heteroatoms. The zero-order valence-electron chi connectivity index (χ0n) is 11.5. The lowest BCUT2D eigenvalue weighted by molar-refractivity contribution is 0.675. The summed E-state index contributed by atoms with van der Waals surface area (Å²) in [6.45, 7) is 0.945. The van der Waals surface area contributed by atoms with Crippen LogP contribution in [0.4, 0.5) is 0 Å². The van der Waals surface area contributed by atoms with E-state index in [4.69, 9.17) is 0 Å². The number of rotatable bonds is 3. The second-order valence-electron chi connectivity index (χ2n) is 5.05. The molecular weight excluding hydrogens is 246 g/mol. The van der Waals surface area contributed by atoms with E-state index in [-0.39, 0.29) is 6.04 Å². The van der Waals surface area contributed by atoms with Crippen molar-refractivity contribution in [3.8, 4) is 0 Å². The minimum absolute atomic E-state index is 0.149. The lowest BCUT2D eigenvalue weighted by Crippen LogP contribution is -2.31. The van der Waals surface area contributed by atoms with Gasteiger partial charge in [0.15, 0.2) is 0 Å². The smallest absolute Gasteiger partial charge is 0.0970 e. The van der Waals surface area contributed by atoms with Gasteiger partial charge in [-0.1, -0.05) is 30.3 Å². The van der Waals surface area contributed by atoms with Gasteiger partial charge in [-0.05, 0) is 36.1 Å². The topological polar surface area (TPSA) is 37.3 Å². The quantitative estimate of drug-likeness (QED) is 0.924. The SMILES string of the molecule is c1ccc(C(NC2=NCCCC2)c2ccncc2)cc1. The summed E-state index contributed by atoms with van der Waals surface area (Å²) >= 11 is 0. The van der Waals surface area contributed by atoms with E-state index in [9.17, 15) is 0 Å². The molecule has 1 atom stereocenters. The van der Waals surface area contributed by atoms with Gasteiger partial charge in [-0.3, -0.25) is 9.98 Å². The molecule has 20 heavy (non-hydrogen) atoms. The van der Waals surface area contributed by atoms with Gasteiger partial charge >= 0.3 is 0 Å². The fourth-order valence-electron chi connectivity index (χ4n) is 2.54. The number of nitrogens with zero attached hydrogens (tertiary/aromatic N) is 2. The minimum atomic E-state index is 0.149. The molecule has 0 spiro atoms. The molecule has 1 unspecified atom stereocenters. The number of hydrogen-bond acceptors (Lipinski definition) is 3. The highest BCUT2D eigenvalue weighted by Crippen LogP contribution is 2.22.